The van der Waals surface area contributed by atoms with Crippen molar-refractivity contribution in [1.82, 2.24) is 5.32 Å². The molecule has 19 heavy (non-hydrogen) atoms. The topological polar surface area (TPSA) is 73.1 Å². The van der Waals surface area contributed by atoms with Gasteiger partial charge in [0, 0.05) is 18.7 Å². The van der Waals surface area contributed by atoms with Crippen molar-refractivity contribution >= 4 is 5.91 Å². The van der Waals surface area contributed by atoms with Gasteiger partial charge in [-0.15, -0.1) is 0 Å². The summed E-state index contributed by atoms with van der Waals surface area (Å²) in [7, 11) is 0. The zero-order valence-corrected chi connectivity index (χ0v) is 11.0. The highest BCUT2D eigenvalue weighted by Crippen LogP contribution is 2.47. The summed E-state index contributed by atoms with van der Waals surface area (Å²) in [6.07, 6.45) is 1.81. The monoisotopic (exact) mass is 258 g/mol. The predicted molar refractivity (Wildman–Crippen MR) is 71.6 cm³/mol. The third kappa shape index (κ3) is 2.94. The van der Waals surface area contributed by atoms with Gasteiger partial charge in [0.1, 0.15) is 0 Å². The first kappa shape index (κ1) is 13.6. The summed E-state index contributed by atoms with van der Waals surface area (Å²) in [6.45, 7) is 2.39. The number of carbonyl (C=O) groups excluding carboxylic acids is 1. The number of nitrogens with one attached hydrogen (secondary N) is 1. The van der Waals surface area contributed by atoms with Crippen LogP contribution in [0.4, 0.5) is 0 Å². The zero-order chi connectivity index (χ0) is 13.9. The highest BCUT2D eigenvalue weighted by Gasteiger charge is 2.44. The lowest BCUT2D eigenvalue weighted by atomic mass is 9.96. The maximum atomic E-state index is 11.9. The molecule has 0 aliphatic heterocycles. The van der Waals surface area contributed by atoms with Gasteiger partial charge in [0.05, 0.1) is 11.5 Å². The molecule has 0 radical (unpaired) electrons. The fraction of sp³-hybridized carbons (Fsp3) is 0.467. The van der Waals surface area contributed by atoms with E-state index in [9.17, 15) is 4.79 Å². The largest absolute Gasteiger partial charge is 0.396 e. The van der Waals surface area contributed by atoms with Crippen molar-refractivity contribution in [2.75, 3.05) is 13.2 Å². The highest BCUT2D eigenvalue weighted by atomic mass is 16.3. The Morgan fingerprint density at radius 2 is 2.11 bits per heavy atom. The van der Waals surface area contributed by atoms with Crippen LogP contribution in [-0.4, -0.2) is 24.2 Å². The molecule has 2 N–H and O–H groups in total. The van der Waals surface area contributed by atoms with E-state index < -0.39 is 0 Å². The van der Waals surface area contributed by atoms with Crippen molar-refractivity contribution in [3.05, 3.63) is 35.4 Å². The molecule has 0 saturated heterocycles. The van der Waals surface area contributed by atoms with Crippen LogP contribution in [0.15, 0.2) is 24.3 Å². The van der Waals surface area contributed by atoms with E-state index in [4.69, 9.17) is 10.4 Å². The number of aliphatic hydroxyl groups excluding tert-OH is 1. The quantitative estimate of drug-likeness (QED) is 0.842. The molecule has 1 aromatic rings. The van der Waals surface area contributed by atoms with E-state index in [1.165, 1.54) is 0 Å². The number of amides is 1. The summed E-state index contributed by atoms with van der Waals surface area (Å²) in [4.78, 5) is 11.9. The van der Waals surface area contributed by atoms with E-state index in [1.54, 1.807) is 12.1 Å². The molecule has 4 heteroatoms. The van der Waals surface area contributed by atoms with E-state index in [-0.39, 0.29) is 23.8 Å². The number of hydrogen-bond donors (Lipinski definition) is 2. The third-order valence-corrected chi connectivity index (χ3v) is 3.59. The lowest BCUT2D eigenvalue weighted by Gasteiger charge is -2.10. The molecule has 1 aromatic carbocycles. The Bertz CT molecular complexity index is 498. The fourth-order valence-electron chi connectivity index (χ4n) is 1.96. The first-order chi connectivity index (χ1) is 9.11. The molecule has 1 aliphatic carbocycles. The molecular formula is C15H18N2O2. The minimum absolute atomic E-state index is 0.0524. The van der Waals surface area contributed by atoms with Gasteiger partial charge in [-0.3, -0.25) is 4.79 Å². The van der Waals surface area contributed by atoms with E-state index >= 15 is 0 Å². The van der Waals surface area contributed by atoms with Crippen LogP contribution in [0.3, 0.4) is 0 Å². The summed E-state index contributed by atoms with van der Waals surface area (Å²) >= 11 is 0. The van der Waals surface area contributed by atoms with Crippen LogP contribution in [0.1, 0.15) is 35.7 Å². The molecule has 0 spiro atoms. The summed E-state index contributed by atoms with van der Waals surface area (Å²) in [5.74, 6) is -0.0924. The predicted octanol–water partition coefficient (Wildman–Crippen LogP) is 1.60. The maximum absolute atomic E-state index is 11.9. The summed E-state index contributed by atoms with van der Waals surface area (Å²) in [5, 5.41) is 20.8. The van der Waals surface area contributed by atoms with Gasteiger partial charge in [-0.2, -0.15) is 5.26 Å². The molecule has 1 aliphatic rings. The van der Waals surface area contributed by atoms with Crippen molar-refractivity contribution in [3.63, 3.8) is 0 Å². The smallest absolute Gasteiger partial charge is 0.251 e. The van der Waals surface area contributed by atoms with E-state index in [0.29, 0.717) is 12.1 Å². The van der Waals surface area contributed by atoms with Crippen LogP contribution >= 0.6 is 0 Å². The molecule has 2 rings (SSSR count). The van der Waals surface area contributed by atoms with E-state index in [2.05, 4.69) is 11.4 Å². The van der Waals surface area contributed by atoms with Gasteiger partial charge >= 0.3 is 0 Å². The van der Waals surface area contributed by atoms with Gasteiger partial charge in [0.15, 0.2) is 0 Å². The normalized spacial score (nSPS) is 17.3. The molecule has 1 unspecified atom stereocenters. The Balaban J connectivity index is 1.99. The second-order valence-electron chi connectivity index (χ2n) is 5.27. The summed E-state index contributed by atoms with van der Waals surface area (Å²) < 4.78 is 0. The lowest BCUT2D eigenvalue weighted by Crippen LogP contribution is -2.29. The van der Waals surface area contributed by atoms with Crippen molar-refractivity contribution in [1.29, 1.82) is 5.26 Å². The van der Waals surface area contributed by atoms with Crippen LogP contribution in [-0.2, 0) is 5.41 Å². The second kappa shape index (κ2) is 5.41. The molecule has 1 atom stereocenters. The number of benzene rings is 1. The number of aliphatic hydroxyl groups is 1. The molecule has 1 fully saturated rings. The van der Waals surface area contributed by atoms with Crippen molar-refractivity contribution in [2.45, 2.75) is 25.2 Å². The van der Waals surface area contributed by atoms with Crippen LogP contribution in [0.5, 0.6) is 0 Å². The average Bonchev–Trinajstić information content (AvgIpc) is 3.25. The van der Waals surface area contributed by atoms with Gasteiger partial charge < -0.3 is 10.4 Å². The minimum atomic E-state index is -0.305. The molecule has 1 saturated carbocycles. The first-order valence-electron chi connectivity index (χ1n) is 6.52. The maximum Gasteiger partial charge on any atom is 0.251 e. The molecule has 1 amide bonds. The van der Waals surface area contributed by atoms with Crippen molar-refractivity contribution in [3.8, 4) is 6.07 Å². The Labute approximate surface area is 113 Å². The number of carbonyl (C=O) groups is 1. The highest BCUT2D eigenvalue weighted by molar-refractivity contribution is 5.94. The molecular weight excluding hydrogens is 240 g/mol. The zero-order valence-electron chi connectivity index (χ0n) is 11.0. The SMILES string of the molecule is CC(CO)CNC(=O)c1ccc(C2(C#N)CC2)cc1. The van der Waals surface area contributed by atoms with Crippen LogP contribution in [0.2, 0.25) is 0 Å². The number of nitrogens with zero attached hydrogens (tertiary/aromatic N) is 1. The third-order valence-electron chi connectivity index (χ3n) is 3.59. The van der Waals surface area contributed by atoms with Crippen molar-refractivity contribution < 1.29 is 9.90 Å². The minimum Gasteiger partial charge on any atom is -0.396 e. The van der Waals surface area contributed by atoms with Gasteiger partial charge in [-0.1, -0.05) is 19.1 Å². The Morgan fingerprint density at radius 3 is 2.58 bits per heavy atom. The van der Waals surface area contributed by atoms with E-state index in [0.717, 1.165) is 18.4 Å². The Kier molecular flexibility index (Phi) is 3.87. The van der Waals surface area contributed by atoms with Crippen LogP contribution in [0.25, 0.3) is 0 Å². The Hall–Kier alpha value is -1.86. The average molecular weight is 258 g/mol. The fourth-order valence-corrected chi connectivity index (χ4v) is 1.96. The summed E-state index contributed by atoms with van der Waals surface area (Å²) in [5.41, 5.74) is 1.28. The number of hydrogen-bond acceptors (Lipinski definition) is 3. The van der Waals surface area contributed by atoms with Gasteiger partial charge in [-0.05, 0) is 36.5 Å². The molecule has 0 bridgehead atoms. The van der Waals surface area contributed by atoms with Crippen LogP contribution in [0, 0.1) is 17.2 Å². The van der Waals surface area contributed by atoms with Crippen molar-refractivity contribution in [2.24, 2.45) is 5.92 Å². The van der Waals surface area contributed by atoms with Gasteiger partial charge in [-0.25, -0.2) is 0 Å². The lowest BCUT2D eigenvalue weighted by molar-refractivity contribution is 0.0942. The molecule has 4 nitrogen and oxygen atoms in total. The van der Waals surface area contributed by atoms with Crippen LogP contribution < -0.4 is 5.32 Å². The molecule has 0 aromatic heterocycles. The van der Waals surface area contributed by atoms with E-state index in [1.807, 2.05) is 19.1 Å². The standard InChI is InChI=1S/C15H18N2O2/c1-11(9-18)8-17-14(19)12-2-4-13(5-3-12)15(10-16)6-7-15/h2-5,11,18H,6-9H2,1H3,(H,17,19). The summed E-state index contributed by atoms with van der Waals surface area (Å²) in [6, 6.07) is 9.57. The number of nitriles is 1. The Morgan fingerprint density at radius 1 is 1.47 bits per heavy atom. The first-order valence-corrected chi connectivity index (χ1v) is 6.52. The molecule has 0 heterocycles. The van der Waals surface area contributed by atoms with Gasteiger partial charge in [0.25, 0.3) is 5.91 Å². The second-order valence-corrected chi connectivity index (χ2v) is 5.27. The number of rotatable bonds is 5. The molecule has 100 valence electrons. The van der Waals surface area contributed by atoms with Gasteiger partial charge in [0.2, 0.25) is 0 Å².